The lowest BCUT2D eigenvalue weighted by Gasteiger charge is -2.23. The lowest BCUT2D eigenvalue weighted by Crippen LogP contribution is -2.48. The number of amides is 2. The third-order valence-corrected chi connectivity index (χ3v) is 2.37. The summed E-state index contributed by atoms with van der Waals surface area (Å²) >= 11 is 0. The molecule has 19 heavy (non-hydrogen) atoms. The van der Waals surface area contributed by atoms with Crippen LogP contribution in [0.1, 0.15) is 26.7 Å². The SMILES string of the molecule is C=C(C)CN(CC)C(=O)NC(CCC(=O)O)C(=O)O. The minimum absolute atomic E-state index is 0.152. The van der Waals surface area contributed by atoms with E-state index in [1.54, 1.807) is 13.8 Å². The first-order valence-electron chi connectivity index (χ1n) is 5.92. The molecule has 2 amide bonds. The maximum atomic E-state index is 11.8. The number of nitrogens with zero attached hydrogens (tertiary/aromatic N) is 1. The number of aliphatic carboxylic acids is 2. The molecule has 0 heterocycles. The van der Waals surface area contributed by atoms with Crippen molar-refractivity contribution in [1.29, 1.82) is 0 Å². The number of hydrogen-bond donors (Lipinski definition) is 3. The highest BCUT2D eigenvalue weighted by Gasteiger charge is 2.23. The van der Waals surface area contributed by atoms with Crippen LogP contribution >= 0.6 is 0 Å². The van der Waals surface area contributed by atoms with Crippen molar-refractivity contribution in [3.8, 4) is 0 Å². The highest BCUT2D eigenvalue weighted by molar-refractivity contribution is 5.83. The second-order valence-electron chi connectivity index (χ2n) is 4.24. The van der Waals surface area contributed by atoms with Gasteiger partial charge < -0.3 is 20.4 Å². The zero-order valence-corrected chi connectivity index (χ0v) is 11.2. The quantitative estimate of drug-likeness (QED) is 0.569. The van der Waals surface area contributed by atoms with E-state index in [2.05, 4.69) is 11.9 Å². The summed E-state index contributed by atoms with van der Waals surface area (Å²) in [5.74, 6) is -2.35. The minimum atomic E-state index is -1.25. The van der Waals surface area contributed by atoms with Gasteiger partial charge in [0.2, 0.25) is 0 Å². The smallest absolute Gasteiger partial charge is 0.326 e. The Morgan fingerprint density at radius 1 is 1.32 bits per heavy atom. The van der Waals surface area contributed by atoms with Crippen LogP contribution < -0.4 is 5.32 Å². The van der Waals surface area contributed by atoms with Crippen molar-refractivity contribution < 1.29 is 24.6 Å². The number of nitrogens with one attached hydrogen (secondary N) is 1. The third kappa shape index (κ3) is 7.07. The predicted molar refractivity (Wildman–Crippen MR) is 68.9 cm³/mol. The van der Waals surface area contributed by atoms with Crippen LogP contribution in [-0.2, 0) is 9.59 Å². The third-order valence-electron chi connectivity index (χ3n) is 2.37. The summed E-state index contributed by atoms with van der Waals surface area (Å²) in [7, 11) is 0. The van der Waals surface area contributed by atoms with Crippen molar-refractivity contribution in [2.24, 2.45) is 0 Å². The maximum Gasteiger partial charge on any atom is 0.326 e. The highest BCUT2D eigenvalue weighted by atomic mass is 16.4. The summed E-state index contributed by atoms with van der Waals surface area (Å²) < 4.78 is 0. The van der Waals surface area contributed by atoms with Gasteiger partial charge >= 0.3 is 18.0 Å². The fourth-order valence-corrected chi connectivity index (χ4v) is 1.42. The van der Waals surface area contributed by atoms with E-state index in [-0.39, 0.29) is 12.8 Å². The molecule has 0 spiro atoms. The standard InChI is InChI=1S/C12H20N2O5/c1-4-14(7-8(2)3)12(19)13-9(11(17)18)5-6-10(15)16/h9H,2,4-7H2,1,3H3,(H,13,19)(H,15,16)(H,17,18). The molecule has 108 valence electrons. The van der Waals surface area contributed by atoms with E-state index < -0.39 is 24.0 Å². The van der Waals surface area contributed by atoms with Crippen LogP contribution in [0.15, 0.2) is 12.2 Å². The number of hydrogen-bond acceptors (Lipinski definition) is 3. The first kappa shape index (κ1) is 16.9. The second-order valence-corrected chi connectivity index (χ2v) is 4.24. The van der Waals surface area contributed by atoms with Crippen LogP contribution in [0.25, 0.3) is 0 Å². The van der Waals surface area contributed by atoms with Gasteiger partial charge in [0.1, 0.15) is 6.04 Å². The topological polar surface area (TPSA) is 107 Å². The van der Waals surface area contributed by atoms with E-state index in [0.717, 1.165) is 5.57 Å². The second kappa shape index (κ2) is 8.12. The Morgan fingerprint density at radius 2 is 1.89 bits per heavy atom. The summed E-state index contributed by atoms with van der Waals surface area (Å²) in [6, 6.07) is -1.74. The van der Waals surface area contributed by atoms with Crippen molar-refractivity contribution in [2.45, 2.75) is 32.7 Å². The normalized spacial score (nSPS) is 11.5. The number of carboxylic acids is 2. The summed E-state index contributed by atoms with van der Waals surface area (Å²) in [5.41, 5.74) is 0.773. The first-order chi connectivity index (χ1) is 8.77. The van der Waals surface area contributed by atoms with E-state index in [1.165, 1.54) is 4.90 Å². The van der Waals surface area contributed by atoms with Crippen LogP contribution in [0, 0.1) is 0 Å². The molecule has 0 aromatic rings. The average Bonchev–Trinajstić information content (AvgIpc) is 2.30. The Balaban J connectivity index is 4.55. The molecule has 0 aliphatic carbocycles. The molecule has 1 unspecified atom stereocenters. The van der Waals surface area contributed by atoms with Crippen molar-refractivity contribution >= 4 is 18.0 Å². The maximum absolute atomic E-state index is 11.8. The van der Waals surface area contributed by atoms with Gasteiger partial charge in [-0.3, -0.25) is 4.79 Å². The van der Waals surface area contributed by atoms with Gasteiger partial charge in [-0.25, -0.2) is 9.59 Å². The Hall–Kier alpha value is -2.05. The minimum Gasteiger partial charge on any atom is -0.481 e. The lowest BCUT2D eigenvalue weighted by atomic mass is 10.1. The highest BCUT2D eigenvalue weighted by Crippen LogP contribution is 2.02. The monoisotopic (exact) mass is 272 g/mol. The van der Waals surface area contributed by atoms with Crippen LogP contribution in [0.5, 0.6) is 0 Å². The van der Waals surface area contributed by atoms with E-state index in [9.17, 15) is 14.4 Å². The van der Waals surface area contributed by atoms with Crippen LogP contribution in [-0.4, -0.2) is 52.2 Å². The van der Waals surface area contributed by atoms with E-state index in [4.69, 9.17) is 10.2 Å². The number of carbonyl (C=O) groups is 3. The van der Waals surface area contributed by atoms with Gasteiger partial charge in [-0.15, -0.1) is 0 Å². The molecule has 0 aromatic heterocycles. The molecule has 0 aliphatic heterocycles. The van der Waals surface area contributed by atoms with E-state index >= 15 is 0 Å². The Bertz CT molecular complexity index is 367. The fourth-order valence-electron chi connectivity index (χ4n) is 1.42. The molecule has 3 N–H and O–H groups in total. The van der Waals surface area contributed by atoms with Crippen LogP contribution in [0.4, 0.5) is 4.79 Å². The van der Waals surface area contributed by atoms with E-state index in [1.807, 2.05) is 0 Å². The largest absolute Gasteiger partial charge is 0.481 e. The van der Waals surface area contributed by atoms with Crippen molar-refractivity contribution in [3.63, 3.8) is 0 Å². The molecule has 0 saturated heterocycles. The van der Waals surface area contributed by atoms with Crippen LogP contribution in [0.2, 0.25) is 0 Å². The molecule has 0 fully saturated rings. The zero-order valence-electron chi connectivity index (χ0n) is 11.2. The average molecular weight is 272 g/mol. The van der Waals surface area contributed by atoms with E-state index in [0.29, 0.717) is 13.1 Å². The van der Waals surface area contributed by atoms with Gasteiger partial charge in [0.05, 0.1) is 0 Å². The molecule has 7 nitrogen and oxygen atoms in total. The number of carboxylic acid groups (broad SMARTS) is 2. The molecule has 0 bridgehead atoms. The summed E-state index contributed by atoms with van der Waals surface area (Å²) in [4.78, 5) is 34.6. The predicted octanol–water partition coefficient (Wildman–Crippen LogP) is 0.912. The molecular weight excluding hydrogens is 252 g/mol. The summed E-state index contributed by atoms with van der Waals surface area (Å²) in [6.07, 6.45) is -0.467. The number of rotatable bonds is 8. The van der Waals surface area contributed by atoms with Gasteiger partial charge in [-0.2, -0.15) is 0 Å². The number of urea groups is 1. The molecule has 0 aromatic carbocycles. The Labute approximate surface area is 111 Å². The molecule has 0 rings (SSSR count). The first-order valence-corrected chi connectivity index (χ1v) is 5.92. The molecule has 0 aliphatic rings. The van der Waals surface area contributed by atoms with Crippen molar-refractivity contribution in [1.82, 2.24) is 10.2 Å². The fraction of sp³-hybridized carbons (Fsp3) is 0.583. The van der Waals surface area contributed by atoms with Gasteiger partial charge in [0.25, 0.3) is 0 Å². The molecule has 1 atom stereocenters. The molecule has 0 saturated carbocycles. The van der Waals surface area contributed by atoms with Gasteiger partial charge in [0.15, 0.2) is 0 Å². The molecule has 0 radical (unpaired) electrons. The summed E-state index contributed by atoms with van der Waals surface area (Å²) in [6.45, 7) is 7.94. The summed E-state index contributed by atoms with van der Waals surface area (Å²) in [5, 5.41) is 19.8. The lowest BCUT2D eigenvalue weighted by molar-refractivity contribution is -0.140. The number of likely N-dealkylation sites (N-methyl/N-ethyl adjacent to an activating group) is 1. The van der Waals surface area contributed by atoms with Crippen LogP contribution in [0.3, 0.4) is 0 Å². The van der Waals surface area contributed by atoms with Gasteiger partial charge in [-0.1, -0.05) is 12.2 Å². The Kier molecular flexibility index (Phi) is 7.25. The number of carbonyl (C=O) groups excluding carboxylic acids is 1. The van der Waals surface area contributed by atoms with Gasteiger partial charge in [-0.05, 0) is 20.3 Å². The van der Waals surface area contributed by atoms with Crippen molar-refractivity contribution in [2.75, 3.05) is 13.1 Å². The van der Waals surface area contributed by atoms with Crippen molar-refractivity contribution in [3.05, 3.63) is 12.2 Å². The Morgan fingerprint density at radius 3 is 2.26 bits per heavy atom. The van der Waals surface area contributed by atoms with Gasteiger partial charge in [0, 0.05) is 19.5 Å². The molecular formula is C12H20N2O5. The zero-order chi connectivity index (χ0) is 15.0. The molecule has 7 heteroatoms.